The number of rotatable bonds is 6. The third kappa shape index (κ3) is 4.34. The smallest absolute Gasteiger partial charge is 0.328 e. The van der Waals surface area contributed by atoms with Crippen molar-refractivity contribution in [3.05, 3.63) is 63.6 Å². The molecule has 0 radical (unpaired) electrons. The van der Waals surface area contributed by atoms with E-state index in [9.17, 15) is 9.59 Å². The number of carboxylic acids is 1. The molecule has 0 aliphatic heterocycles. The lowest BCUT2D eigenvalue weighted by molar-refractivity contribution is -0.145. The summed E-state index contributed by atoms with van der Waals surface area (Å²) in [5.74, 6) is -1.38. The number of aromatic nitrogens is 1. The average Bonchev–Trinajstić information content (AvgIpc) is 2.93. The highest BCUT2D eigenvalue weighted by atomic mass is 32.1. The standard InChI is InChI=1S/C21H22N2O3S/c1-13-17(12-18(24)23-21(2,3)20(25)26)27-19(22-13)11-15-9-6-8-14-7-4-5-10-16(14)15/h4-10H,11-12H2,1-3H3,(H,23,24)(H,25,26). The van der Waals surface area contributed by atoms with E-state index in [1.165, 1.54) is 41.5 Å². The molecule has 2 aromatic carbocycles. The number of thiazole rings is 1. The highest BCUT2D eigenvalue weighted by Gasteiger charge is 2.29. The molecule has 0 aliphatic rings. The minimum absolute atomic E-state index is 0.135. The Kier molecular flexibility index (Phi) is 5.28. The van der Waals surface area contributed by atoms with E-state index < -0.39 is 11.5 Å². The Morgan fingerprint density at radius 1 is 1.15 bits per heavy atom. The number of amides is 1. The summed E-state index contributed by atoms with van der Waals surface area (Å²) in [4.78, 5) is 28.9. The average molecular weight is 382 g/mol. The van der Waals surface area contributed by atoms with Crippen LogP contribution in [0.3, 0.4) is 0 Å². The molecule has 0 fully saturated rings. The Hall–Kier alpha value is -2.73. The van der Waals surface area contributed by atoms with Crippen molar-refractivity contribution in [2.24, 2.45) is 0 Å². The fourth-order valence-electron chi connectivity index (χ4n) is 2.93. The van der Waals surface area contributed by atoms with Crippen molar-refractivity contribution in [1.29, 1.82) is 0 Å². The molecular weight excluding hydrogens is 360 g/mol. The van der Waals surface area contributed by atoms with E-state index in [0.29, 0.717) is 6.42 Å². The van der Waals surface area contributed by atoms with Gasteiger partial charge in [0.05, 0.1) is 17.1 Å². The summed E-state index contributed by atoms with van der Waals surface area (Å²) in [6, 6.07) is 14.5. The molecule has 3 aromatic rings. The number of nitrogens with zero attached hydrogens (tertiary/aromatic N) is 1. The molecule has 140 valence electrons. The fourth-order valence-corrected chi connectivity index (χ4v) is 4.02. The number of benzene rings is 2. The molecule has 5 nitrogen and oxygen atoms in total. The molecule has 0 atom stereocenters. The van der Waals surface area contributed by atoms with Crippen molar-refractivity contribution < 1.29 is 14.7 Å². The topological polar surface area (TPSA) is 79.3 Å². The lowest BCUT2D eigenvalue weighted by Crippen LogP contribution is -2.50. The van der Waals surface area contributed by atoms with E-state index in [0.717, 1.165) is 15.6 Å². The zero-order valence-electron chi connectivity index (χ0n) is 15.6. The summed E-state index contributed by atoms with van der Waals surface area (Å²) in [6.45, 7) is 4.82. The minimum Gasteiger partial charge on any atom is -0.480 e. The number of carboxylic acid groups (broad SMARTS) is 1. The first-order valence-corrected chi connectivity index (χ1v) is 9.54. The second-order valence-electron chi connectivity index (χ2n) is 7.09. The van der Waals surface area contributed by atoms with Gasteiger partial charge in [-0.2, -0.15) is 0 Å². The molecule has 3 rings (SSSR count). The minimum atomic E-state index is -1.29. The Bertz CT molecular complexity index is 1000. The molecule has 0 bridgehead atoms. The number of hydrogen-bond donors (Lipinski definition) is 2. The van der Waals surface area contributed by atoms with Gasteiger partial charge in [0.15, 0.2) is 0 Å². The predicted molar refractivity (Wildman–Crippen MR) is 107 cm³/mol. The molecule has 6 heteroatoms. The largest absolute Gasteiger partial charge is 0.480 e. The Morgan fingerprint density at radius 2 is 1.85 bits per heavy atom. The maximum Gasteiger partial charge on any atom is 0.328 e. The van der Waals surface area contributed by atoms with Crippen LogP contribution in [0.25, 0.3) is 10.8 Å². The lowest BCUT2D eigenvalue weighted by atomic mass is 10.0. The van der Waals surface area contributed by atoms with E-state index >= 15 is 0 Å². The summed E-state index contributed by atoms with van der Waals surface area (Å²) in [6.07, 6.45) is 0.838. The summed E-state index contributed by atoms with van der Waals surface area (Å²) >= 11 is 1.51. The summed E-state index contributed by atoms with van der Waals surface area (Å²) in [5, 5.41) is 15.0. The maximum absolute atomic E-state index is 12.2. The SMILES string of the molecule is Cc1nc(Cc2cccc3ccccc23)sc1CC(=O)NC(C)(C)C(=O)O. The molecule has 0 unspecified atom stereocenters. The van der Waals surface area contributed by atoms with Crippen molar-refractivity contribution in [2.75, 3.05) is 0 Å². The van der Waals surface area contributed by atoms with Gasteiger partial charge in [0.1, 0.15) is 5.54 Å². The molecule has 0 saturated carbocycles. The predicted octanol–water partition coefficient (Wildman–Crippen LogP) is 3.72. The van der Waals surface area contributed by atoms with Gasteiger partial charge in [-0.25, -0.2) is 9.78 Å². The van der Waals surface area contributed by atoms with Crippen molar-refractivity contribution in [2.45, 2.75) is 39.2 Å². The second-order valence-corrected chi connectivity index (χ2v) is 8.25. The molecule has 0 aliphatic carbocycles. The van der Waals surface area contributed by atoms with Gasteiger partial charge in [0, 0.05) is 11.3 Å². The molecule has 27 heavy (non-hydrogen) atoms. The van der Waals surface area contributed by atoms with E-state index in [1.54, 1.807) is 0 Å². The van der Waals surface area contributed by atoms with E-state index in [4.69, 9.17) is 5.11 Å². The molecule has 2 N–H and O–H groups in total. The van der Waals surface area contributed by atoms with Crippen LogP contribution in [0.2, 0.25) is 0 Å². The van der Waals surface area contributed by atoms with Gasteiger partial charge in [-0.05, 0) is 37.1 Å². The van der Waals surface area contributed by atoms with Crippen molar-refractivity contribution in [3.8, 4) is 0 Å². The quantitative estimate of drug-likeness (QED) is 0.681. The van der Waals surface area contributed by atoms with Gasteiger partial charge in [-0.15, -0.1) is 11.3 Å². The number of nitrogens with one attached hydrogen (secondary N) is 1. The molecule has 0 saturated heterocycles. The Balaban J connectivity index is 1.76. The van der Waals surface area contributed by atoms with Gasteiger partial charge in [0.25, 0.3) is 0 Å². The highest BCUT2D eigenvalue weighted by Crippen LogP contribution is 2.25. The second kappa shape index (κ2) is 7.48. The van der Waals surface area contributed by atoms with Gasteiger partial charge in [-0.1, -0.05) is 42.5 Å². The van der Waals surface area contributed by atoms with Crippen LogP contribution >= 0.6 is 11.3 Å². The Morgan fingerprint density at radius 3 is 2.59 bits per heavy atom. The van der Waals surface area contributed by atoms with Gasteiger partial charge >= 0.3 is 5.97 Å². The van der Waals surface area contributed by atoms with Gasteiger partial charge in [-0.3, -0.25) is 4.79 Å². The third-order valence-electron chi connectivity index (χ3n) is 4.47. The van der Waals surface area contributed by atoms with Crippen LogP contribution in [-0.2, 0) is 22.4 Å². The lowest BCUT2D eigenvalue weighted by Gasteiger charge is -2.20. The number of aryl methyl sites for hydroxylation is 1. The van der Waals surface area contributed by atoms with Crippen LogP contribution < -0.4 is 5.32 Å². The monoisotopic (exact) mass is 382 g/mol. The number of aliphatic carboxylic acids is 1. The molecular formula is C21H22N2O3S. The number of carbonyl (C=O) groups is 2. The van der Waals surface area contributed by atoms with Gasteiger partial charge < -0.3 is 10.4 Å². The Labute approximate surface area is 162 Å². The first-order chi connectivity index (χ1) is 12.8. The third-order valence-corrected chi connectivity index (χ3v) is 5.62. The molecule has 1 aromatic heterocycles. The van der Waals surface area contributed by atoms with E-state index in [1.807, 2.05) is 25.1 Å². The summed E-state index contributed by atoms with van der Waals surface area (Å²) < 4.78 is 0. The first-order valence-electron chi connectivity index (χ1n) is 8.72. The maximum atomic E-state index is 12.2. The van der Waals surface area contributed by atoms with Crippen LogP contribution in [0, 0.1) is 6.92 Å². The highest BCUT2D eigenvalue weighted by molar-refractivity contribution is 7.11. The van der Waals surface area contributed by atoms with Crippen molar-refractivity contribution in [3.63, 3.8) is 0 Å². The summed E-state index contributed by atoms with van der Waals surface area (Å²) in [7, 11) is 0. The van der Waals surface area contributed by atoms with Crippen LogP contribution in [0.5, 0.6) is 0 Å². The number of carbonyl (C=O) groups excluding carboxylic acids is 1. The number of hydrogen-bond acceptors (Lipinski definition) is 4. The van der Waals surface area contributed by atoms with Gasteiger partial charge in [0.2, 0.25) is 5.91 Å². The summed E-state index contributed by atoms with van der Waals surface area (Å²) in [5.41, 5.74) is 0.727. The molecule has 0 spiro atoms. The van der Waals surface area contributed by atoms with Crippen LogP contribution in [0.15, 0.2) is 42.5 Å². The zero-order valence-corrected chi connectivity index (χ0v) is 16.4. The van der Waals surface area contributed by atoms with Crippen LogP contribution in [-0.4, -0.2) is 27.5 Å². The van der Waals surface area contributed by atoms with Crippen LogP contribution in [0.1, 0.15) is 35.0 Å². The molecule has 1 amide bonds. The van der Waals surface area contributed by atoms with Crippen LogP contribution in [0.4, 0.5) is 0 Å². The van der Waals surface area contributed by atoms with Crippen molar-refractivity contribution >= 4 is 34.0 Å². The fraction of sp³-hybridized carbons (Fsp3) is 0.286. The molecule has 1 heterocycles. The van der Waals surface area contributed by atoms with E-state index in [2.05, 4.69) is 34.6 Å². The van der Waals surface area contributed by atoms with E-state index in [-0.39, 0.29) is 12.3 Å². The normalized spacial score (nSPS) is 11.5. The van der Waals surface area contributed by atoms with Crippen molar-refractivity contribution in [1.82, 2.24) is 10.3 Å². The zero-order chi connectivity index (χ0) is 19.6. The number of fused-ring (bicyclic) bond motifs is 1. The first kappa shape index (κ1) is 19.0.